The standard InChI is InChI=1S/C14H23N3O/c1-11(15)17-10-6-5-9-13(16)14(18)12-7-3-2-4-8-12/h2-4,7-8,13-14,18H,5-6,9-10,16H2,1H3,(H2,15,17). The van der Waals surface area contributed by atoms with Gasteiger partial charge in [0.25, 0.3) is 0 Å². The van der Waals surface area contributed by atoms with Gasteiger partial charge in [-0.25, -0.2) is 0 Å². The summed E-state index contributed by atoms with van der Waals surface area (Å²) >= 11 is 0. The highest BCUT2D eigenvalue weighted by Gasteiger charge is 2.15. The smallest absolute Gasteiger partial charge is 0.0940 e. The van der Waals surface area contributed by atoms with Crippen molar-refractivity contribution in [2.75, 3.05) is 6.54 Å². The number of nitrogens with zero attached hydrogens (tertiary/aromatic N) is 1. The lowest BCUT2D eigenvalue weighted by Crippen LogP contribution is -2.28. The molecule has 1 aromatic rings. The molecule has 0 aliphatic rings. The van der Waals surface area contributed by atoms with Crippen molar-refractivity contribution in [1.82, 2.24) is 0 Å². The zero-order valence-corrected chi connectivity index (χ0v) is 10.9. The number of nitrogens with two attached hydrogens (primary N) is 2. The molecule has 4 heteroatoms. The van der Waals surface area contributed by atoms with Crippen molar-refractivity contribution in [2.45, 2.75) is 38.3 Å². The summed E-state index contributed by atoms with van der Waals surface area (Å²) < 4.78 is 0. The Hall–Kier alpha value is -1.39. The van der Waals surface area contributed by atoms with Crippen molar-refractivity contribution >= 4 is 5.84 Å². The average Bonchev–Trinajstić information content (AvgIpc) is 2.38. The van der Waals surface area contributed by atoms with Crippen LogP contribution in [0, 0.1) is 0 Å². The highest BCUT2D eigenvalue weighted by molar-refractivity contribution is 5.77. The summed E-state index contributed by atoms with van der Waals surface area (Å²) in [6.45, 7) is 2.52. The third kappa shape index (κ3) is 5.29. The van der Waals surface area contributed by atoms with Crippen molar-refractivity contribution in [3.8, 4) is 0 Å². The first-order chi connectivity index (χ1) is 8.61. The van der Waals surface area contributed by atoms with Crippen LogP contribution in [-0.4, -0.2) is 23.5 Å². The van der Waals surface area contributed by atoms with E-state index in [1.807, 2.05) is 30.3 Å². The second-order valence-corrected chi connectivity index (χ2v) is 4.54. The minimum absolute atomic E-state index is 0.227. The van der Waals surface area contributed by atoms with Gasteiger partial charge >= 0.3 is 0 Å². The van der Waals surface area contributed by atoms with Crippen LogP contribution in [0.2, 0.25) is 0 Å². The molecule has 0 bridgehead atoms. The van der Waals surface area contributed by atoms with E-state index in [1.165, 1.54) is 0 Å². The summed E-state index contributed by atoms with van der Waals surface area (Å²) in [6.07, 6.45) is 2.09. The topological polar surface area (TPSA) is 84.6 Å². The summed E-state index contributed by atoms with van der Waals surface area (Å²) in [5.41, 5.74) is 12.3. The largest absolute Gasteiger partial charge is 0.388 e. The molecule has 0 radical (unpaired) electrons. The Morgan fingerprint density at radius 3 is 2.56 bits per heavy atom. The van der Waals surface area contributed by atoms with Gasteiger partial charge in [0.15, 0.2) is 0 Å². The van der Waals surface area contributed by atoms with E-state index in [1.54, 1.807) is 6.92 Å². The molecule has 2 atom stereocenters. The second-order valence-electron chi connectivity index (χ2n) is 4.54. The molecule has 0 saturated heterocycles. The minimum atomic E-state index is -0.592. The van der Waals surface area contributed by atoms with Gasteiger partial charge in [0.1, 0.15) is 0 Å². The molecule has 0 fully saturated rings. The lowest BCUT2D eigenvalue weighted by atomic mass is 9.98. The van der Waals surface area contributed by atoms with Crippen molar-refractivity contribution in [3.63, 3.8) is 0 Å². The van der Waals surface area contributed by atoms with Gasteiger partial charge in [0.2, 0.25) is 0 Å². The molecule has 5 N–H and O–H groups in total. The molecule has 18 heavy (non-hydrogen) atoms. The van der Waals surface area contributed by atoms with Gasteiger partial charge in [-0.05, 0) is 31.7 Å². The summed E-state index contributed by atoms with van der Waals surface area (Å²) in [6, 6.07) is 9.30. The Labute approximate surface area is 109 Å². The molecule has 0 spiro atoms. The Kier molecular flexibility index (Phi) is 6.39. The van der Waals surface area contributed by atoms with Gasteiger partial charge in [-0.3, -0.25) is 4.99 Å². The predicted octanol–water partition coefficient (Wildman–Crippen LogP) is 1.59. The quantitative estimate of drug-likeness (QED) is 0.390. The lowest BCUT2D eigenvalue weighted by molar-refractivity contribution is 0.141. The predicted molar refractivity (Wildman–Crippen MR) is 75.4 cm³/mol. The number of benzene rings is 1. The van der Waals surface area contributed by atoms with Crippen LogP contribution in [0.25, 0.3) is 0 Å². The number of aliphatic hydroxyl groups is 1. The molecule has 0 amide bonds. The Bertz CT molecular complexity index is 361. The first-order valence-electron chi connectivity index (χ1n) is 6.36. The van der Waals surface area contributed by atoms with Gasteiger partial charge in [0.05, 0.1) is 11.9 Å². The number of hydrogen-bond donors (Lipinski definition) is 3. The lowest BCUT2D eigenvalue weighted by Gasteiger charge is -2.18. The SMILES string of the molecule is CC(N)=NCCCCC(N)C(O)c1ccccc1. The normalized spacial score (nSPS) is 15.4. The van der Waals surface area contributed by atoms with Gasteiger partial charge in [0, 0.05) is 12.6 Å². The van der Waals surface area contributed by atoms with Crippen LogP contribution in [0.4, 0.5) is 0 Å². The van der Waals surface area contributed by atoms with E-state index in [0.717, 1.165) is 31.4 Å². The molecule has 0 heterocycles. The van der Waals surface area contributed by atoms with E-state index in [2.05, 4.69) is 4.99 Å². The van der Waals surface area contributed by atoms with Gasteiger partial charge in [-0.15, -0.1) is 0 Å². The van der Waals surface area contributed by atoms with E-state index in [-0.39, 0.29) is 6.04 Å². The highest BCUT2D eigenvalue weighted by Crippen LogP contribution is 2.18. The van der Waals surface area contributed by atoms with Crippen LogP contribution in [0.3, 0.4) is 0 Å². The summed E-state index contributed by atoms with van der Waals surface area (Å²) in [7, 11) is 0. The van der Waals surface area contributed by atoms with Gasteiger partial charge < -0.3 is 16.6 Å². The molecule has 2 unspecified atom stereocenters. The fourth-order valence-electron chi connectivity index (χ4n) is 1.80. The Morgan fingerprint density at radius 1 is 1.28 bits per heavy atom. The average molecular weight is 249 g/mol. The maximum Gasteiger partial charge on any atom is 0.0940 e. The first-order valence-corrected chi connectivity index (χ1v) is 6.36. The number of amidine groups is 1. The third-order valence-electron chi connectivity index (χ3n) is 2.85. The zero-order valence-electron chi connectivity index (χ0n) is 10.9. The maximum atomic E-state index is 10.1. The molecule has 0 saturated carbocycles. The van der Waals surface area contributed by atoms with Crippen molar-refractivity contribution in [3.05, 3.63) is 35.9 Å². The number of aliphatic imine (C=N–C) groups is 1. The fraction of sp³-hybridized carbons (Fsp3) is 0.500. The summed E-state index contributed by atoms with van der Waals surface area (Å²) in [4.78, 5) is 4.12. The van der Waals surface area contributed by atoms with E-state index in [0.29, 0.717) is 5.84 Å². The number of rotatable bonds is 7. The number of hydrogen-bond acceptors (Lipinski definition) is 3. The molecule has 1 rings (SSSR count). The second kappa shape index (κ2) is 7.84. The van der Waals surface area contributed by atoms with Gasteiger partial charge in [-0.1, -0.05) is 30.3 Å². The molecular weight excluding hydrogens is 226 g/mol. The van der Waals surface area contributed by atoms with Crippen LogP contribution in [0.1, 0.15) is 37.9 Å². The summed E-state index contributed by atoms with van der Waals surface area (Å²) in [5.74, 6) is 0.614. The molecule has 0 aliphatic heterocycles. The summed E-state index contributed by atoms with van der Waals surface area (Å²) in [5, 5.41) is 10.1. The molecule has 100 valence electrons. The van der Waals surface area contributed by atoms with E-state index < -0.39 is 6.10 Å². The van der Waals surface area contributed by atoms with E-state index >= 15 is 0 Å². The van der Waals surface area contributed by atoms with Crippen LogP contribution < -0.4 is 11.5 Å². The molecular formula is C14H23N3O. The molecule has 0 aliphatic carbocycles. The van der Waals surface area contributed by atoms with Crippen LogP contribution in [0.5, 0.6) is 0 Å². The van der Waals surface area contributed by atoms with Crippen molar-refractivity contribution in [1.29, 1.82) is 0 Å². The van der Waals surface area contributed by atoms with E-state index in [4.69, 9.17) is 11.5 Å². The van der Waals surface area contributed by atoms with Crippen LogP contribution in [-0.2, 0) is 0 Å². The van der Waals surface area contributed by atoms with E-state index in [9.17, 15) is 5.11 Å². The monoisotopic (exact) mass is 249 g/mol. The van der Waals surface area contributed by atoms with Gasteiger partial charge in [-0.2, -0.15) is 0 Å². The molecule has 1 aromatic carbocycles. The number of unbranched alkanes of at least 4 members (excludes halogenated alkanes) is 1. The highest BCUT2D eigenvalue weighted by atomic mass is 16.3. The molecule has 4 nitrogen and oxygen atoms in total. The zero-order chi connectivity index (χ0) is 13.4. The third-order valence-corrected chi connectivity index (χ3v) is 2.85. The van der Waals surface area contributed by atoms with Crippen molar-refractivity contribution in [2.24, 2.45) is 16.5 Å². The number of aliphatic hydroxyl groups excluding tert-OH is 1. The maximum absolute atomic E-state index is 10.1. The first kappa shape index (κ1) is 14.7. The minimum Gasteiger partial charge on any atom is -0.388 e. The Morgan fingerprint density at radius 2 is 1.94 bits per heavy atom. The van der Waals surface area contributed by atoms with Crippen LogP contribution in [0.15, 0.2) is 35.3 Å². The van der Waals surface area contributed by atoms with Crippen molar-refractivity contribution < 1.29 is 5.11 Å². The Balaban J connectivity index is 2.28. The fourth-order valence-corrected chi connectivity index (χ4v) is 1.80. The van der Waals surface area contributed by atoms with Crippen LogP contribution >= 0.6 is 0 Å². The molecule has 0 aromatic heterocycles.